The summed E-state index contributed by atoms with van der Waals surface area (Å²) in [4.78, 5) is 12.5. The van der Waals surface area contributed by atoms with Crippen molar-refractivity contribution >= 4 is 17.3 Å². The largest absolute Gasteiger partial charge is 0.469 e. The molecule has 0 bridgehead atoms. The van der Waals surface area contributed by atoms with Crippen molar-refractivity contribution in [3.05, 3.63) is 22.4 Å². The van der Waals surface area contributed by atoms with Gasteiger partial charge in [-0.3, -0.25) is 4.79 Å². The monoisotopic (exact) mass is 255 g/mol. The molecule has 1 N–H and O–H groups in total. The van der Waals surface area contributed by atoms with Gasteiger partial charge >= 0.3 is 5.97 Å². The molecule has 1 heterocycles. The van der Waals surface area contributed by atoms with Gasteiger partial charge < -0.3 is 10.1 Å². The summed E-state index contributed by atoms with van der Waals surface area (Å²) in [6.07, 6.45) is 3.99. The van der Waals surface area contributed by atoms with Crippen LogP contribution >= 0.6 is 11.3 Å². The van der Waals surface area contributed by atoms with E-state index < -0.39 is 0 Å². The Morgan fingerprint density at radius 1 is 1.53 bits per heavy atom. The van der Waals surface area contributed by atoms with E-state index in [0.717, 1.165) is 13.0 Å². The predicted octanol–water partition coefficient (Wildman–Crippen LogP) is 3.13. The molecule has 17 heavy (non-hydrogen) atoms. The molecule has 0 saturated carbocycles. The second-order valence-corrected chi connectivity index (χ2v) is 4.99. The molecule has 1 rings (SSSR count). The minimum Gasteiger partial charge on any atom is -0.469 e. The highest BCUT2D eigenvalue weighted by Crippen LogP contribution is 2.22. The number of esters is 1. The minimum atomic E-state index is -0.161. The van der Waals surface area contributed by atoms with Gasteiger partial charge in [0.15, 0.2) is 0 Å². The van der Waals surface area contributed by atoms with Crippen molar-refractivity contribution in [3.8, 4) is 0 Å². The normalized spacial score (nSPS) is 12.4. The zero-order valence-corrected chi connectivity index (χ0v) is 11.4. The molecule has 0 amide bonds. The van der Waals surface area contributed by atoms with Crippen LogP contribution in [0.5, 0.6) is 0 Å². The fourth-order valence-corrected chi connectivity index (χ4v) is 2.47. The van der Waals surface area contributed by atoms with Crippen molar-refractivity contribution in [1.29, 1.82) is 0 Å². The molecule has 1 unspecified atom stereocenters. The summed E-state index contributed by atoms with van der Waals surface area (Å²) in [6.45, 7) is 3.14. The Balaban J connectivity index is 2.45. The van der Waals surface area contributed by atoms with E-state index >= 15 is 0 Å². The van der Waals surface area contributed by atoms with Gasteiger partial charge in [0.25, 0.3) is 0 Å². The third-order valence-electron chi connectivity index (χ3n) is 2.66. The fourth-order valence-electron chi connectivity index (χ4n) is 1.66. The topological polar surface area (TPSA) is 38.3 Å². The molecule has 0 saturated heterocycles. The number of thiophene rings is 1. The molecule has 0 aliphatic rings. The SMILES string of the molecule is CCCCCNC(CC(=O)OC)c1cccs1. The number of nitrogens with one attached hydrogen (secondary N) is 1. The van der Waals surface area contributed by atoms with Crippen LogP contribution in [0.15, 0.2) is 17.5 Å². The van der Waals surface area contributed by atoms with E-state index in [-0.39, 0.29) is 12.0 Å². The lowest BCUT2D eigenvalue weighted by Gasteiger charge is -2.16. The first-order valence-corrected chi connectivity index (χ1v) is 6.99. The smallest absolute Gasteiger partial charge is 0.307 e. The van der Waals surface area contributed by atoms with E-state index in [1.54, 1.807) is 11.3 Å². The fraction of sp³-hybridized carbons (Fsp3) is 0.615. The van der Waals surface area contributed by atoms with Crippen LogP contribution in [-0.4, -0.2) is 19.6 Å². The molecule has 96 valence electrons. The van der Waals surface area contributed by atoms with Crippen LogP contribution in [0, 0.1) is 0 Å². The van der Waals surface area contributed by atoms with E-state index in [4.69, 9.17) is 4.74 Å². The zero-order valence-electron chi connectivity index (χ0n) is 10.6. The lowest BCUT2D eigenvalue weighted by molar-refractivity contribution is -0.141. The molecule has 3 nitrogen and oxygen atoms in total. The number of rotatable bonds is 8. The molecule has 1 atom stereocenters. The minimum absolute atomic E-state index is 0.0966. The number of unbranched alkanes of at least 4 members (excludes halogenated alkanes) is 2. The van der Waals surface area contributed by atoms with Crippen molar-refractivity contribution in [2.75, 3.05) is 13.7 Å². The highest BCUT2D eigenvalue weighted by Gasteiger charge is 2.16. The van der Waals surface area contributed by atoms with Crippen molar-refractivity contribution < 1.29 is 9.53 Å². The van der Waals surface area contributed by atoms with Gasteiger partial charge in [0.1, 0.15) is 0 Å². The quantitative estimate of drug-likeness (QED) is 0.573. The van der Waals surface area contributed by atoms with Crippen LogP contribution in [0.2, 0.25) is 0 Å². The first-order chi connectivity index (χ1) is 8.27. The van der Waals surface area contributed by atoms with Gasteiger partial charge in [0.2, 0.25) is 0 Å². The predicted molar refractivity (Wildman–Crippen MR) is 71.2 cm³/mol. The van der Waals surface area contributed by atoms with E-state index in [0.29, 0.717) is 6.42 Å². The standard InChI is InChI=1S/C13H21NO2S/c1-3-4-5-8-14-11(10-13(15)16-2)12-7-6-9-17-12/h6-7,9,11,14H,3-5,8,10H2,1-2H3. The maximum absolute atomic E-state index is 11.3. The van der Waals surface area contributed by atoms with Gasteiger partial charge in [-0.2, -0.15) is 0 Å². The van der Waals surface area contributed by atoms with Crippen molar-refractivity contribution in [1.82, 2.24) is 5.32 Å². The molecule has 0 aromatic carbocycles. The Morgan fingerprint density at radius 2 is 2.35 bits per heavy atom. The lowest BCUT2D eigenvalue weighted by Crippen LogP contribution is -2.24. The van der Waals surface area contributed by atoms with Gasteiger partial charge in [0.05, 0.1) is 19.6 Å². The van der Waals surface area contributed by atoms with Gasteiger partial charge in [0, 0.05) is 4.88 Å². The summed E-state index contributed by atoms with van der Waals surface area (Å²) in [5, 5.41) is 5.47. The molecule has 4 heteroatoms. The summed E-state index contributed by atoms with van der Waals surface area (Å²) >= 11 is 1.68. The number of carbonyl (C=O) groups excluding carboxylic acids is 1. The Hall–Kier alpha value is -0.870. The van der Waals surface area contributed by atoms with E-state index in [9.17, 15) is 4.79 Å². The van der Waals surface area contributed by atoms with Gasteiger partial charge in [-0.15, -0.1) is 11.3 Å². The van der Waals surface area contributed by atoms with Gasteiger partial charge in [-0.05, 0) is 24.4 Å². The van der Waals surface area contributed by atoms with Crippen LogP contribution in [0.3, 0.4) is 0 Å². The van der Waals surface area contributed by atoms with Crippen LogP contribution in [0.25, 0.3) is 0 Å². The van der Waals surface area contributed by atoms with Crippen molar-refractivity contribution in [3.63, 3.8) is 0 Å². The van der Waals surface area contributed by atoms with Crippen LogP contribution < -0.4 is 5.32 Å². The van der Waals surface area contributed by atoms with Gasteiger partial charge in [-0.1, -0.05) is 25.8 Å². The summed E-state index contributed by atoms with van der Waals surface area (Å²) in [6, 6.07) is 4.17. The Labute approximate surface area is 107 Å². The number of hydrogen-bond donors (Lipinski definition) is 1. The molecule has 0 radical (unpaired) electrons. The molecule has 0 aliphatic heterocycles. The third kappa shape index (κ3) is 5.33. The third-order valence-corrected chi connectivity index (χ3v) is 3.64. The molecule has 0 fully saturated rings. The van der Waals surface area contributed by atoms with Crippen molar-refractivity contribution in [2.24, 2.45) is 0 Å². The molecule has 0 spiro atoms. The van der Waals surface area contributed by atoms with Gasteiger partial charge in [-0.25, -0.2) is 0 Å². The number of hydrogen-bond acceptors (Lipinski definition) is 4. The Kier molecular flexibility index (Phi) is 6.89. The second-order valence-electron chi connectivity index (χ2n) is 4.01. The second kappa shape index (κ2) is 8.25. The van der Waals surface area contributed by atoms with Crippen LogP contribution in [0.4, 0.5) is 0 Å². The first kappa shape index (κ1) is 14.2. The molecular formula is C13H21NO2S. The maximum Gasteiger partial charge on any atom is 0.307 e. The number of ether oxygens (including phenoxy) is 1. The first-order valence-electron chi connectivity index (χ1n) is 6.11. The van der Waals surface area contributed by atoms with Crippen LogP contribution in [-0.2, 0) is 9.53 Å². The summed E-state index contributed by atoms with van der Waals surface area (Å²) < 4.78 is 4.73. The molecule has 1 aromatic rings. The number of methoxy groups -OCH3 is 1. The zero-order chi connectivity index (χ0) is 12.5. The number of carbonyl (C=O) groups is 1. The van der Waals surface area contributed by atoms with Crippen molar-refractivity contribution in [2.45, 2.75) is 38.6 Å². The summed E-state index contributed by atoms with van der Waals surface area (Å²) in [5.74, 6) is -0.161. The average Bonchev–Trinajstić information content (AvgIpc) is 2.86. The summed E-state index contributed by atoms with van der Waals surface area (Å²) in [5.41, 5.74) is 0. The molecule has 0 aliphatic carbocycles. The van der Waals surface area contributed by atoms with E-state index in [1.807, 2.05) is 11.4 Å². The van der Waals surface area contributed by atoms with E-state index in [2.05, 4.69) is 18.3 Å². The lowest BCUT2D eigenvalue weighted by atomic mass is 10.1. The highest BCUT2D eigenvalue weighted by molar-refractivity contribution is 7.10. The average molecular weight is 255 g/mol. The summed E-state index contributed by atoms with van der Waals surface area (Å²) in [7, 11) is 1.44. The van der Waals surface area contributed by atoms with E-state index in [1.165, 1.54) is 24.8 Å². The van der Waals surface area contributed by atoms with Crippen LogP contribution in [0.1, 0.15) is 43.5 Å². The molecule has 1 aromatic heterocycles. The Bertz CT molecular complexity index is 311. The Morgan fingerprint density at radius 3 is 2.94 bits per heavy atom. The maximum atomic E-state index is 11.3. The highest BCUT2D eigenvalue weighted by atomic mass is 32.1. The molecular weight excluding hydrogens is 234 g/mol.